The molecule has 1 heterocycles. The SMILES string of the molecule is Cc1ccc(NC(=O)C(C)(C)C(=O)NCc2ccccn2)c(C)c1. The van der Waals surface area contributed by atoms with Crippen LogP contribution in [0.5, 0.6) is 0 Å². The van der Waals surface area contributed by atoms with Gasteiger partial charge in [-0.25, -0.2) is 0 Å². The number of hydrogen-bond donors (Lipinski definition) is 2. The van der Waals surface area contributed by atoms with Crippen LogP contribution in [-0.2, 0) is 16.1 Å². The van der Waals surface area contributed by atoms with E-state index in [1.54, 1.807) is 20.0 Å². The predicted molar refractivity (Wildman–Crippen MR) is 94.4 cm³/mol. The molecular formula is C19H23N3O2. The lowest BCUT2D eigenvalue weighted by Gasteiger charge is -2.23. The van der Waals surface area contributed by atoms with Crippen LogP contribution in [0.4, 0.5) is 5.69 Å². The third-order valence-electron chi connectivity index (χ3n) is 3.92. The molecule has 2 N–H and O–H groups in total. The summed E-state index contributed by atoms with van der Waals surface area (Å²) in [6.07, 6.45) is 1.67. The largest absolute Gasteiger partial charge is 0.350 e. The Morgan fingerprint density at radius 2 is 1.83 bits per heavy atom. The lowest BCUT2D eigenvalue weighted by Crippen LogP contribution is -2.45. The zero-order valence-corrected chi connectivity index (χ0v) is 14.5. The lowest BCUT2D eigenvalue weighted by atomic mass is 9.90. The third-order valence-corrected chi connectivity index (χ3v) is 3.92. The maximum absolute atomic E-state index is 12.5. The second kappa shape index (κ2) is 7.25. The fourth-order valence-electron chi connectivity index (χ4n) is 2.23. The molecule has 0 atom stereocenters. The second-order valence-electron chi connectivity index (χ2n) is 6.40. The summed E-state index contributed by atoms with van der Waals surface area (Å²) in [6.45, 7) is 7.43. The number of nitrogens with zero attached hydrogens (tertiary/aromatic N) is 1. The summed E-state index contributed by atoms with van der Waals surface area (Å²) in [4.78, 5) is 29.1. The molecule has 2 amide bonds. The van der Waals surface area contributed by atoms with E-state index >= 15 is 0 Å². The van der Waals surface area contributed by atoms with Gasteiger partial charge in [0, 0.05) is 11.9 Å². The molecule has 126 valence electrons. The van der Waals surface area contributed by atoms with Crippen LogP contribution in [0.3, 0.4) is 0 Å². The number of carbonyl (C=O) groups excluding carboxylic acids is 2. The number of aromatic nitrogens is 1. The zero-order chi connectivity index (χ0) is 17.7. The van der Waals surface area contributed by atoms with Gasteiger partial charge in [-0.2, -0.15) is 0 Å². The number of carbonyl (C=O) groups is 2. The van der Waals surface area contributed by atoms with Crippen molar-refractivity contribution in [3.05, 3.63) is 59.4 Å². The summed E-state index contributed by atoms with van der Waals surface area (Å²) in [6, 6.07) is 11.3. The van der Waals surface area contributed by atoms with Crippen molar-refractivity contribution in [2.75, 3.05) is 5.32 Å². The van der Waals surface area contributed by atoms with Gasteiger partial charge in [0.25, 0.3) is 0 Å². The fourth-order valence-corrected chi connectivity index (χ4v) is 2.23. The first-order valence-corrected chi connectivity index (χ1v) is 7.87. The molecule has 0 radical (unpaired) electrons. The van der Waals surface area contributed by atoms with E-state index in [0.29, 0.717) is 6.54 Å². The van der Waals surface area contributed by atoms with Crippen LogP contribution in [0, 0.1) is 19.3 Å². The molecule has 2 aromatic rings. The summed E-state index contributed by atoms with van der Waals surface area (Å²) in [7, 11) is 0. The summed E-state index contributed by atoms with van der Waals surface area (Å²) in [5, 5.41) is 5.61. The van der Waals surface area contributed by atoms with Gasteiger partial charge < -0.3 is 10.6 Å². The first kappa shape index (κ1) is 17.7. The lowest BCUT2D eigenvalue weighted by molar-refractivity contribution is -0.138. The number of aryl methyl sites for hydroxylation is 2. The maximum atomic E-state index is 12.5. The maximum Gasteiger partial charge on any atom is 0.239 e. The van der Waals surface area contributed by atoms with Crippen molar-refractivity contribution in [2.45, 2.75) is 34.2 Å². The molecule has 0 fully saturated rings. The molecule has 0 aliphatic heterocycles. The van der Waals surface area contributed by atoms with E-state index in [0.717, 1.165) is 22.5 Å². The molecule has 5 nitrogen and oxygen atoms in total. The van der Waals surface area contributed by atoms with E-state index in [9.17, 15) is 9.59 Å². The van der Waals surface area contributed by atoms with Crippen LogP contribution < -0.4 is 10.6 Å². The van der Waals surface area contributed by atoms with E-state index in [1.807, 2.05) is 50.2 Å². The molecule has 0 unspecified atom stereocenters. The number of benzene rings is 1. The minimum atomic E-state index is -1.19. The molecule has 0 saturated carbocycles. The summed E-state index contributed by atoms with van der Waals surface area (Å²) < 4.78 is 0. The Morgan fingerprint density at radius 1 is 1.08 bits per heavy atom. The van der Waals surface area contributed by atoms with Crippen molar-refractivity contribution in [1.29, 1.82) is 0 Å². The Bertz CT molecular complexity index is 740. The quantitative estimate of drug-likeness (QED) is 0.830. The van der Waals surface area contributed by atoms with E-state index in [1.165, 1.54) is 0 Å². The molecule has 1 aromatic heterocycles. The van der Waals surface area contributed by atoms with Crippen molar-refractivity contribution < 1.29 is 9.59 Å². The summed E-state index contributed by atoms with van der Waals surface area (Å²) in [5.74, 6) is -0.677. The Kier molecular flexibility index (Phi) is 5.34. The average molecular weight is 325 g/mol. The molecule has 0 spiro atoms. The number of rotatable bonds is 5. The van der Waals surface area contributed by atoms with Gasteiger partial charge in [0.05, 0.1) is 12.2 Å². The van der Waals surface area contributed by atoms with Gasteiger partial charge in [-0.1, -0.05) is 23.8 Å². The zero-order valence-electron chi connectivity index (χ0n) is 14.5. The van der Waals surface area contributed by atoms with E-state index in [-0.39, 0.29) is 11.8 Å². The second-order valence-corrected chi connectivity index (χ2v) is 6.40. The van der Waals surface area contributed by atoms with Crippen molar-refractivity contribution >= 4 is 17.5 Å². The van der Waals surface area contributed by atoms with Crippen LogP contribution in [0.15, 0.2) is 42.6 Å². The molecule has 0 saturated heterocycles. The molecule has 5 heteroatoms. The third kappa shape index (κ3) is 4.19. The van der Waals surface area contributed by atoms with Crippen LogP contribution in [0.1, 0.15) is 30.7 Å². The summed E-state index contributed by atoms with van der Waals surface area (Å²) >= 11 is 0. The number of nitrogens with one attached hydrogen (secondary N) is 2. The molecule has 2 rings (SSSR count). The normalized spacial score (nSPS) is 11.0. The van der Waals surface area contributed by atoms with Crippen molar-refractivity contribution in [2.24, 2.45) is 5.41 Å². The minimum Gasteiger partial charge on any atom is -0.350 e. The topological polar surface area (TPSA) is 71.1 Å². The highest BCUT2D eigenvalue weighted by Gasteiger charge is 2.36. The van der Waals surface area contributed by atoms with E-state index in [4.69, 9.17) is 0 Å². The highest BCUT2D eigenvalue weighted by Crippen LogP contribution is 2.22. The Balaban J connectivity index is 2.02. The van der Waals surface area contributed by atoms with Crippen LogP contribution in [0.25, 0.3) is 0 Å². The molecular weight excluding hydrogens is 302 g/mol. The standard InChI is InChI=1S/C19H23N3O2/c1-13-8-9-16(14(2)11-13)22-18(24)19(3,4)17(23)21-12-15-7-5-6-10-20-15/h5-11H,12H2,1-4H3,(H,21,23)(H,22,24). The van der Waals surface area contributed by atoms with Gasteiger partial charge in [-0.05, 0) is 51.5 Å². The fraction of sp³-hybridized carbons (Fsp3) is 0.316. The van der Waals surface area contributed by atoms with Gasteiger partial charge in [0.2, 0.25) is 11.8 Å². The minimum absolute atomic E-state index is 0.292. The van der Waals surface area contributed by atoms with Gasteiger partial charge in [0.1, 0.15) is 5.41 Å². The smallest absolute Gasteiger partial charge is 0.239 e. The predicted octanol–water partition coefficient (Wildman–Crippen LogP) is 2.98. The van der Waals surface area contributed by atoms with Crippen LogP contribution >= 0.6 is 0 Å². The van der Waals surface area contributed by atoms with Gasteiger partial charge in [-0.3, -0.25) is 14.6 Å². The molecule has 0 aliphatic carbocycles. The van der Waals surface area contributed by atoms with Crippen molar-refractivity contribution in [3.63, 3.8) is 0 Å². The Morgan fingerprint density at radius 3 is 2.46 bits per heavy atom. The highest BCUT2D eigenvalue weighted by atomic mass is 16.2. The number of hydrogen-bond acceptors (Lipinski definition) is 3. The average Bonchev–Trinajstić information content (AvgIpc) is 2.55. The molecule has 0 aliphatic rings. The molecule has 24 heavy (non-hydrogen) atoms. The first-order valence-electron chi connectivity index (χ1n) is 7.87. The van der Waals surface area contributed by atoms with Gasteiger partial charge in [-0.15, -0.1) is 0 Å². The van der Waals surface area contributed by atoms with Crippen molar-refractivity contribution in [3.8, 4) is 0 Å². The first-order chi connectivity index (χ1) is 11.3. The molecule has 1 aromatic carbocycles. The monoisotopic (exact) mass is 325 g/mol. The Labute approximate surface area is 142 Å². The van der Waals surface area contributed by atoms with E-state index in [2.05, 4.69) is 15.6 Å². The van der Waals surface area contributed by atoms with Crippen LogP contribution in [0.2, 0.25) is 0 Å². The van der Waals surface area contributed by atoms with Gasteiger partial charge in [0.15, 0.2) is 0 Å². The number of anilines is 1. The number of amides is 2. The van der Waals surface area contributed by atoms with Crippen LogP contribution in [-0.4, -0.2) is 16.8 Å². The van der Waals surface area contributed by atoms with Crippen molar-refractivity contribution in [1.82, 2.24) is 10.3 Å². The number of pyridine rings is 1. The Hall–Kier alpha value is -2.69. The van der Waals surface area contributed by atoms with Gasteiger partial charge >= 0.3 is 0 Å². The molecule has 0 bridgehead atoms. The highest BCUT2D eigenvalue weighted by molar-refractivity contribution is 6.10. The summed E-state index contributed by atoms with van der Waals surface area (Å²) in [5.41, 5.74) is 2.37. The van der Waals surface area contributed by atoms with E-state index < -0.39 is 5.41 Å².